The summed E-state index contributed by atoms with van der Waals surface area (Å²) in [6.07, 6.45) is 2.19. The van der Waals surface area contributed by atoms with E-state index in [2.05, 4.69) is 0 Å². The normalized spacial score (nSPS) is 11.5. The first-order valence-electron chi connectivity index (χ1n) is 5.53. The van der Waals surface area contributed by atoms with Crippen LogP contribution in [0.3, 0.4) is 0 Å². The van der Waals surface area contributed by atoms with E-state index in [4.69, 9.17) is 18.0 Å². The minimum atomic E-state index is -1.00. The highest BCUT2D eigenvalue weighted by atomic mass is 32.1. The lowest BCUT2D eigenvalue weighted by Crippen LogP contribution is -2.33. The van der Waals surface area contributed by atoms with Gasteiger partial charge in [-0.25, -0.2) is 4.79 Å². The number of hydrogen-bond acceptors (Lipinski definition) is 3. The van der Waals surface area contributed by atoms with Gasteiger partial charge in [-0.15, -0.1) is 0 Å². The van der Waals surface area contributed by atoms with Crippen LogP contribution in [0.2, 0.25) is 0 Å². The van der Waals surface area contributed by atoms with Gasteiger partial charge in [-0.3, -0.25) is 14.3 Å². The van der Waals surface area contributed by atoms with Crippen molar-refractivity contribution >= 4 is 17.2 Å². The van der Waals surface area contributed by atoms with E-state index in [1.165, 1.54) is 0 Å². The van der Waals surface area contributed by atoms with Crippen molar-refractivity contribution in [2.75, 3.05) is 0 Å². The summed E-state index contributed by atoms with van der Waals surface area (Å²) in [5.41, 5.74) is 3.66. The van der Waals surface area contributed by atoms with Crippen molar-refractivity contribution in [1.29, 1.82) is 0 Å². The molecule has 1 rings (SSSR count). The molecule has 0 saturated carbocycles. The number of halogens is 1. The van der Waals surface area contributed by atoms with Crippen LogP contribution < -0.4 is 17.0 Å². The van der Waals surface area contributed by atoms with E-state index in [9.17, 15) is 14.0 Å². The van der Waals surface area contributed by atoms with E-state index >= 15 is 0 Å². The smallest absolute Gasteiger partial charge is 0.328 e. The second-order valence-electron chi connectivity index (χ2n) is 4.78. The monoisotopic (exact) mass is 273 g/mol. The summed E-state index contributed by atoms with van der Waals surface area (Å²) in [5.74, 6) is -0.969. The summed E-state index contributed by atoms with van der Waals surface area (Å²) in [7, 11) is 0. The second kappa shape index (κ2) is 5.43. The highest BCUT2D eigenvalue weighted by Gasteiger charge is 2.20. The lowest BCUT2D eigenvalue weighted by atomic mass is 9.88. The summed E-state index contributed by atoms with van der Waals surface area (Å²) >= 11 is 4.93. The van der Waals surface area contributed by atoms with Crippen molar-refractivity contribution in [3.63, 3.8) is 0 Å². The van der Waals surface area contributed by atoms with Crippen molar-refractivity contribution in [3.05, 3.63) is 32.9 Å². The van der Waals surface area contributed by atoms with Crippen molar-refractivity contribution < 1.29 is 4.39 Å². The van der Waals surface area contributed by atoms with Gasteiger partial charge in [0.25, 0.3) is 5.56 Å². The fourth-order valence-electron chi connectivity index (χ4n) is 1.46. The fraction of sp³-hybridized carbons (Fsp3) is 0.545. The molecule has 1 heterocycles. The molecule has 0 radical (unpaired) electrons. The average Bonchev–Trinajstić information content (AvgIpc) is 2.25. The Morgan fingerprint density at radius 3 is 2.72 bits per heavy atom. The number of aromatic nitrogens is 2. The molecule has 0 aliphatic carbocycles. The highest BCUT2D eigenvalue weighted by molar-refractivity contribution is 7.80. The van der Waals surface area contributed by atoms with E-state index in [0.717, 1.165) is 10.8 Å². The summed E-state index contributed by atoms with van der Waals surface area (Å²) in [4.78, 5) is 24.5. The first kappa shape index (κ1) is 14.6. The number of thiocarbonyl (C=S) groups is 1. The Hall–Kier alpha value is -1.50. The Bertz CT molecular complexity index is 562. The number of nitrogens with zero attached hydrogens (tertiary/aromatic N) is 1. The summed E-state index contributed by atoms with van der Waals surface area (Å²) < 4.78 is 14.1. The first-order chi connectivity index (χ1) is 8.24. The quantitative estimate of drug-likeness (QED) is 0.776. The number of nitrogens with one attached hydrogen (secondary N) is 1. The molecule has 0 spiro atoms. The minimum Gasteiger partial charge on any atom is -0.393 e. The van der Waals surface area contributed by atoms with Crippen LogP contribution in [-0.2, 0) is 6.54 Å². The molecule has 0 aliphatic heterocycles. The van der Waals surface area contributed by atoms with Crippen molar-refractivity contribution in [3.8, 4) is 0 Å². The second-order valence-corrected chi connectivity index (χ2v) is 5.22. The Morgan fingerprint density at radius 1 is 1.56 bits per heavy atom. The molecular weight excluding hydrogens is 257 g/mol. The average molecular weight is 273 g/mol. The lowest BCUT2D eigenvalue weighted by Gasteiger charge is -2.22. The third-order valence-electron chi connectivity index (χ3n) is 2.84. The maximum Gasteiger partial charge on any atom is 0.328 e. The maximum absolute atomic E-state index is 13.0. The van der Waals surface area contributed by atoms with E-state index in [0.29, 0.717) is 24.4 Å². The number of hydrogen-bond donors (Lipinski definition) is 2. The van der Waals surface area contributed by atoms with Gasteiger partial charge in [0.2, 0.25) is 5.82 Å². The van der Waals surface area contributed by atoms with Crippen LogP contribution in [-0.4, -0.2) is 14.5 Å². The maximum atomic E-state index is 13.0. The molecule has 0 unspecified atom stereocenters. The van der Waals surface area contributed by atoms with Crippen molar-refractivity contribution in [2.45, 2.75) is 33.2 Å². The van der Waals surface area contributed by atoms with Gasteiger partial charge in [-0.2, -0.15) is 4.39 Å². The number of aryl methyl sites for hydroxylation is 1. The molecule has 1 aromatic rings. The van der Waals surface area contributed by atoms with Gasteiger partial charge in [-0.1, -0.05) is 26.1 Å². The first-order valence-corrected chi connectivity index (χ1v) is 5.94. The third kappa shape index (κ3) is 3.49. The Kier molecular flexibility index (Phi) is 4.39. The molecule has 0 bridgehead atoms. The molecule has 7 heteroatoms. The SMILES string of the molecule is CC(C)(CCCn1cc(F)c(=O)[nH]c1=O)C(N)=S. The zero-order valence-corrected chi connectivity index (χ0v) is 11.1. The predicted octanol–water partition coefficient (Wildman–Crippen LogP) is 0.768. The molecule has 18 heavy (non-hydrogen) atoms. The minimum absolute atomic E-state index is 0.304. The van der Waals surface area contributed by atoms with E-state index in [-0.39, 0.29) is 5.41 Å². The molecule has 0 atom stereocenters. The molecule has 0 saturated heterocycles. The zero-order chi connectivity index (χ0) is 13.9. The van der Waals surface area contributed by atoms with Gasteiger partial charge in [-0.05, 0) is 12.8 Å². The van der Waals surface area contributed by atoms with Gasteiger partial charge in [0.05, 0.1) is 11.2 Å². The Labute approximate surface area is 109 Å². The largest absolute Gasteiger partial charge is 0.393 e. The molecule has 1 aromatic heterocycles. The molecule has 5 nitrogen and oxygen atoms in total. The Morgan fingerprint density at radius 2 is 2.17 bits per heavy atom. The summed E-state index contributed by atoms with van der Waals surface area (Å²) in [5, 5.41) is 0. The van der Waals surface area contributed by atoms with E-state index < -0.39 is 17.1 Å². The number of aromatic amines is 1. The van der Waals surface area contributed by atoms with Gasteiger partial charge >= 0.3 is 5.69 Å². The van der Waals surface area contributed by atoms with Gasteiger partial charge in [0.1, 0.15) is 0 Å². The van der Waals surface area contributed by atoms with Gasteiger partial charge in [0, 0.05) is 12.0 Å². The van der Waals surface area contributed by atoms with Gasteiger partial charge < -0.3 is 5.73 Å². The Balaban J connectivity index is 2.71. The van der Waals surface area contributed by atoms with Crippen LogP contribution in [0.15, 0.2) is 15.8 Å². The van der Waals surface area contributed by atoms with Crippen molar-refractivity contribution in [1.82, 2.24) is 9.55 Å². The molecule has 100 valence electrons. The number of rotatable bonds is 5. The summed E-state index contributed by atoms with van der Waals surface area (Å²) in [6, 6.07) is 0. The van der Waals surface area contributed by atoms with Crippen LogP contribution in [0.25, 0.3) is 0 Å². The van der Waals surface area contributed by atoms with E-state index in [1.54, 1.807) is 0 Å². The fourth-order valence-corrected chi connectivity index (χ4v) is 1.57. The number of H-pyrrole nitrogens is 1. The standard InChI is InChI=1S/C11H16FN3O2S/c1-11(2,9(13)18)4-3-5-15-6-7(12)8(16)14-10(15)17/h6H,3-5H2,1-2H3,(H2,13,18)(H,14,16,17). The van der Waals surface area contributed by atoms with Crippen LogP contribution in [0.4, 0.5) is 4.39 Å². The van der Waals surface area contributed by atoms with E-state index in [1.807, 2.05) is 18.8 Å². The summed E-state index contributed by atoms with van der Waals surface area (Å²) in [6.45, 7) is 4.12. The van der Waals surface area contributed by atoms with Crippen LogP contribution in [0, 0.1) is 11.2 Å². The van der Waals surface area contributed by atoms with Crippen molar-refractivity contribution in [2.24, 2.45) is 11.1 Å². The molecular formula is C11H16FN3O2S. The molecule has 3 N–H and O–H groups in total. The third-order valence-corrected chi connectivity index (χ3v) is 3.39. The topological polar surface area (TPSA) is 80.9 Å². The number of nitrogens with two attached hydrogens (primary N) is 1. The molecule has 0 fully saturated rings. The predicted molar refractivity (Wildman–Crippen MR) is 71.1 cm³/mol. The lowest BCUT2D eigenvalue weighted by molar-refractivity contribution is 0.427. The molecule has 0 amide bonds. The molecule has 0 aromatic carbocycles. The molecule has 0 aliphatic rings. The van der Waals surface area contributed by atoms with Gasteiger partial charge in [0.15, 0.2) is 0 Å². The van der Waals surface area contributed by atoms with Crippen LogP contribution in [0.1, 0.15) is 26.7 Å². The van der Waals surface area contributed by atoms with Crippen LogP contribution in [0.5, 0.6) is 0 Å². The zero-order valence-electron chi connectivity index (χ0n) is 10.3. The van der Waals surface area contributed by atoms with Crippen LogP contribution >= 0.6 is 12.2 Å². The highest BCUT2D eigenvalue weighted by Crippen LogP contribution is 2.22.